The first kappa shape index (κ1) is 26.2. The molecule has 1 aliphatic rings. The second-order valence-corrected chi connectivity index (χ2v) is 10.6. The van der Waals surface area contributed by atoms with E-state index in [2.05, 4.69) is 20.9 Å². The number of carbonyl (C=O) groups excluding carboxylic acids is 1. The van der Waals surface area contributed by atoms with Crippen molar-refractivity contribution in [3.63, 3.8) is 0 Å². The molecule has 0 spiro atoms. The normalized spacial score (nSPS) is 15.6. The van der Waals surface area contributed by atoms with E-state index in [1.807, 2.05) is 6.07 Å². The highest BCUT2D eigenvalue weighted by Crippen LogP contribution is 2.35. The van der Waals surface area contributed by atoms with Crippen LogP contribution in [0.2, 0.25) is 5.02 Å². The van der Waals surface area contributed by atoms with E-state index in [1.165, 1.54) is 15.9 Å². The van der Waals surface area contributed by atoms with Crippen molar-refractivity contribution in [1.82, 2.24) is 4.57 Å². The molecule has 4 rings (SSSR count). The summed E-state index contributed by atoms with van der Waals surface area (Å²) in [5.41, 5.74) is 1.80. The minimum atomic E-state index is -0.780. The highest BCUT2D eigenvalue weighted by molar-refractivity contribution is 9.10. The molecule has 7 nitrogen and oxygen atoms in total. The van der Waals surface area contributed by atoms with Gasteiger partial charge in [-0.3, -0.25) is 9.36 Å². The topological polar surface area (TPSA) is 79.1 Å². The molecular weight excluding hydrogens is 568 g/mol. The number of carbonyl (C=O) groups is 1. The van der Waals surface area contributed by atoms with Crippen LogP contribution in [0.25, 0.3) is 6.08 Å². The second-order valence-electron chi connectivity index (χ2n) is 8.29. The number of fused-ring (bicyclic) bond motifs is 1. The van der Waals surface area contributed by atoms with E-state index in [0.717, 1.165) is 10.0 Å². The lowest BCUT2D eigenvalue weighted by molar-refractivity contribution is -0.143. The molecule has 188 valence electrons. The van der Waals surface area contributed by atoms with Crippen LogP contribution in [-0.4, -0.2) is 30.9 Å². The number of allylic oxidation sites excluding steroid dienone is 1. The van der Waals surface area contributed by atoms with Gasteiger partial charge in [0, 0.05) is 9.50 Å². The Balaban J connectivity index is 1.97. The average molecular weight is 592 g/mol. The van der Waals surface area contributed by atoms with Crippen molar-refractivity contribution >= 4 is 50.9 Å². The van der Waals surface area contributed by atoms with Crippen molar-refractivity contribution in [2.45, 2.75) is 32.9 Å². The third kappa shape index (κ3) is 4.87. The van der Waals surface area contributed by atoms with Crippen molar-refractivity contribution in [1.29, 1.82) is 0 Å². The molecule has 0 bridgehead atoms. The van der Waals surface area contributed by atoms with E-state index in [0.29, 0.717) is 37.1 Å². The Morgan fingerprint density at radius 1 is 1.19 bits per heavy atom. The minimum Gasteiger partial charge on any atom is -0.493 e. The summed E-state index contributed by atoms with van der Waals surface area (Å²) in [5, 5.41) is 0.435. The van der Waals surface area contributed by atoms with E-state index in [1.54, 1.807) is 71.4 Å². The lowest BCUT2D eigenvalue weighted by Crippen LogP contribution is -2.40. The molecule has 36 heavy (non-hydrogen) atoms. The maximum atomic E-state index is 13.8. The average Bonchev–Trinajstić information content (AvgIpc) is 3.13. The van der Waals surface area contributed by atoms with Crippen molar-refractivity contribution in [3.8, 4) is 11.5 Å². The third-order valence-corrected chi connectivity index (χ3v) is 7.59. The number of hydrogen-bond donors (Lipinski definition) is 0. The molecule has 10 heteroatoms. The van der Waals surface area contributed by atoms with Crippen LogP contribution in [0, 0.1) is 0 Å². The summed E-state index contributed by atoms with van der Waals surface area (Å²) in [4.78, 5) is 32.0. The van der Waals surface area contributed by atoms with Gasteiger partial charge in [-0.2, -0.15) is 0 Å². The van der Waals surface area contributed by atoms with Gasteiger partial charge in [-0.1, -0.05) is 57.1 Å². The summed E-state index contributed by atoms with van der Waals surface area (Å²) in [7, 11) is 3.11. The molecule has 0 radical (unpaired) electrons. The number of nitrogens with zero attached hydrogens (tertiary/aromatic N) is 2. The highest BCUT2D eigenvalue weighted by Gasteiger charge is 2.34. The van der Waals surface area contributed by atoms with E-state index in [-0.39, 0.29) is 17.2 Å². The number of esters is 1. The molecule has 1 aromatic heterocycles. The predicted molar refractivity (Wildman–Crippen MR) is 144 cm³/mol. The van der Waals surface area contributed by atoms with Crippen LogP contribution in [0.4, 0.5) is 0 Å². The number of methoxy groups -OCH3 is 2. The molecule has 2 aromatic carbocycles. The fraction of sp³-hybridized carbons (Fsp3) is 0.269. The van der Waals surface area contributed by atoms with Crippen LogP contribution in [0.5, 0.6) is 11.5 Å². The Labute approximate surface area is 225 Å². The summed E-state index contributed by atoms with van der Waals surface area (Å²) in [6.07, 6.45) is 1.42. The molecule has 1 aliphatic heterocycles. The zero-order valence-corrected chi connectivity index (χ0v) is 23.5. The van der Waals surface area contributed by atoms with Crippen molar-refractivity contribution in [2.75, 3.05) is 14.2 Å². The molecule has 0 aliphatic carbocycles. The van der Waals surface area contributed by atoms with E-state index < -0.39 is 12.0 Å². The summed E-state index contributed by atoms with van der Waals surface area (Å²) in [6, 6.07) is 9.93. The summed E-state index contributed by atoms with van der Waals surface area (Å²) in [6.45, 7) is 5.28. The Kier molecular flexibility index (Phi) is 7.73. The molecule has 1 unspecified atom stereocenters. The van der Waals surface area contributed by atoms with Gasteiger partial charge in [0.1, 0.15) is 6.04 Å². The van der Waals surface area contributed by atoms with Gasteiger partial charge in [0.05, 0.1) is 36.1 Å². The smallest absolute Gasteiger partial charge is 0.338 e. The number of hydrogen-bond acceptors (Lipinski definition) is 7. The van der Waals surface area contributed by atoms with Crippen LogP contribution in [-0.2, 0) is 9.53 Å². The van der Waals surface area contributed by atoms with Crippen molar-refractivity contribution < 1.29 is 19.0 Å². The maximum absolute atomic E-state index is 13.8. The van der Waals surface area contributed by atoms with Gasteiger partial charge in [0.25, 0.3) is 5.56 Å². The number of rotatable bonds is 6. The first-order chi connectivity index (χ1) is 17.2. The summed E-state index contributed by atoms with van der Waals surface area (Å²) >= 11 is 11.3. The highest BCUT2D eigenvalue weighted by atomic mass is 79.9. The molecule has 0 saturated carbocycles. The molecule has 3 aromatic rings. The van der Waals surface area contributed by atoms with Crippen LogP contribution in [0.15, 0.2) is 61.9 Å². The van der Waals surface area contributed by atoms with Crippen LogP contribution in [0.1, 0.15) is 37.9 Å². The summed E-state index contributed by atoms with van der Waals surface area (Å²) in [5.74, 6) is 0.557. The molecule has 1 atom stereocenters. The minimum absolute atomic E-state index is 0.281. The van der Waals surface area contributed by atoms with Crippen molar-refractivity contribution in [2.24, 2.45) is 4.99 Å². The molecular formula is C26H24BrClN2O5S. The zero-order valence-electron chi connectivity index (χ0n) is 20.3. The van der Waals surface area contributed by atoms with Crippen LogP contribution >= 0.6 is 38.9 Å². The number of thiazole rings is 1. The first-order valence-corrected chi connectivity index (χ1v) is 13.0. The van der Waals surface area contributed by atoms with Gasteiger partial charge in [-0.05, 0) is 56.2 Å². The Hall–Kier alpha value is -2.88. The molecule has 2 heterocycles. The van der Waals surface area contributed by atoms with E-state index >= 15 is 0 Å². The molecule has 0 N–H and O–H groups in total. The van der Waals surface area contributed by atoms with Crippen LogP contribution in [0.3, 0.4) is 0 Å². The Bertz CT molecular complexity index is 1560. The zero-order chi connectivity index (χ0) is 26.1. The monoisotopic (exact) mass is 590 g/mol. The van der Waals surface area contributed by atoms with Gasteiger partial charge in [0.15, 0.2) is 16.3 Å². The van der Waals surface area contributed by atoms with Crippen molar-refractivity contribution in [3.05, 3.63) is 88.0 Å². The van der Waals surface area contributed by atoms with Gasteiger partial charge in [-0.25, -0.2) is 9.79 Å². The number of ether oxygens (including phenoxy) is 3. The Morgan fingerprint density at radius 2 is 1.86 bits per heavy atom. The van der Waals surface area contributed by atoms with Crippen LogP contribution < -0.4 is 24.4 Å². The summed E-state index contributed by atoms with van der Waals surface area (Å²) < 4.78 is 19.0. The third-order valence-electron chi connectivity index (χ3n) is 5.57. The van der Waals surface area contributed by atoms with Gasteiger partial charge in [0.2, 0.25) is 0 Å². The number of halogens is 2. The molecule has 0 saturated heterocycles. The predicted octanol–water partition coefficient (Wildman–Crippen LogP) is 4.62. The second kappa shape index (κ2) is 10.6. The standard InChI is InChI=1S/C26H24BrClN2O5S/c1-13(2)35-25(32)22-14(3)29-26-30(23(22)16-8-6-7-9-18(16)28)24(31)21(36-26)11-15-10-19(33-4)20(34-5)12-17(15)27/h6-13,23H,1-5H3. The number of aromatic nitrogens is 1. The Morgan fingerprint density at radius 3 is 2.50 bits per heavy atom. The van der Waals surface area contributed by atoms with E-state index in [9.17, 15) is 9.59 Å². The first-order valence-electron chi connectivity index (χ1n) is 11.1. The lowest BCUT2D eigenvalue weighted by atomic mass is 9.96. The fourth-order valence-electron chi connectivity index (χ4n) is 3.97. The SMILES string of the molecule is COc1cc(Br)c(C=c2sc3n(c2=O)C(c2ccccc2Cl)C(C(=O)OC(C)C)=C(C)N=3)cc1OC. The fourth-order valence-corrected chi connectivity index (χ4v) is 5.69. The quantitative estimate of drug-likeness (QED) is 0.391. The largest absolute Gasteiger partial charge is 0.493 e. The van der Waals surface area contributed by atoms with Gasteiger partial charge in [-0.15, -0.1) is 0 Å². The van der Waals surface area contributed by atoms with E-state index in [4.69, 9.17) is 25.8 Å². The van der Waals surface area contributed by atoms with Gasteiger partial charge < -0.3 is 14.2 Å². The molecule has 0 amide bonds. The lowest BCUT2D eigenvalue weighted by Gasteiger charge is -2.26. The number of benzene rings is 2. The van der Waals surface area contributed by atoms with Gasteiger partial charge >= 0.3 is 5.97 Å². The molecule has 0 fully saturated rings. The maximum Gasteiger partial charge on any atom is 0.338 e.